The van der Waals surface area contributed by atoms with Crippen LogP contribution in [0.25, 0.3) is 16.4 Å². The number of carbonyl (C=O) groups excluding carboxylic acids is 2. The summed E-state index contributed by atoms with van der Waals surface area (Å²) < 4.78 is 12.5. The SMILES string of the molecule is COc1ccccc1-n1c(SCC(=O)NC(=O)NCc2ccco2)nnc1-c1cccs1. The van der Waals surface area contributed by atoms with E-state index in [2.05, 4.69) is 20.8 Å². The highest BCUT2D eigenvalue weighted by Gasteiger charge is 2.20. The second kappa shape index (κ2) is 10.2. The van der Waals surface area contributed by atoms with Crippen LogP contribution in [0.1, 0.15) is 5.76 Å². The quantitative estimate of drug-likeness (QED) is 0.378. The number of methoxy groups -OCH3 is 1. The number of rotatable bonds is 8. The minimum Gasteiger partial charge on any atom is -0.495 e. The van der Waals surface area contributed by atoms with Crippen LogP contribution < -0.4 is 15.4 Å². The number of thioether (sulfide) groups is 1. The maximum Gasteiger partial charge on any atom is 0.321 e. The third-order valence-electron chi connectivity index (χ3n) is 4.29. The van der Waals surface area contributed by atoms with Gasteiger partial charge in [0.05, 0.1) is 36.2 Å². The van der Waals surface area contributed by atoms with Crippen LogP contribution in [0.15, 0.2) is 69.7 Å². The summed E-state index contributed by atoms with van der Waals surface area (Å²) in [6.07, 6.45) is 1.51. The highest BCUT2D eigenvalue weighted by molar-refractivity contribution is 7.99. The molecule has 11 heteroatoms. The standard InChI is InChI=1S/C21H19N5O4S2/c1-29-16-8-3-2-7-15(16)26-19(17-9-5-11-31-17)24-25-21(26)32-13-18(27)23-20(28)22-12-14-6-4-10-30-14/h2-11H,12-13H2,1H3,(H2,22,23,27,28). The molecule has 9 nitrogen and oxygen atoms in total. The molecule has 3 amide bonds. The van der Waals surface area contributed by atoms with E-state index in [-0.39, 0.29) is 12.3 Å². The molecular formula is C21H19N5O4S2. The molecule has 2 N–H and O–H groups in total. The van der Waals surface area contributed by atoms with Crippen molar-refractivity contribution in [3.63, 3.8) is 0 Å². The molecule has 0 fully saturated rings. The summed E-state index contributed by atoms with van der Waals surface area (Å²) >= 11 is 2.71. The number of hydrogen-bond donors (Lipinski definition) is 2. The van der Waals surface area contributed by atoms with Crippen LogP contribution in [0, 0.1) is 0 Å². The van der Waals surface area contributed by atoms with E-state index in [0.29, 0.717) is 22.5 Å². The van der Waals surface area contributed by atoms with Gasteiger partial charge in [0, 0.05) is 0 Å². The summed E-state index contributed by atoms with van der Waals surface area (Å²) in [6.45, 7) is 0.186. The fraction of sp³-hybridized carbons (Fsp3) is 0.143. The summed E-state index contributed by atoms with van der Waals surface area (Å²) in [5.41, 5.74) is 0.752. The van der Waals surface area contributed by atoms with E-state index in [1.165, 1.54) is 29.4 Å². The van der Waals surface area contributed by atoms with E-state index in [9.17, 15) is 9.59 Å². The van der Waals surface area contributed by atoms with Crippen molar-refractivity contribution in [1.82, 2.24) is 25.4 Å². The molecule has 0 atom stereocenters. The number of carbonyl (C=O) groups is 2. The Morgan fingerprint density at radius 3 is 2.78 bits per heavy atom. The van der Waals surface area contributed by atoms with Crippen LogP contribution in [0.4, 0.5) is 4.79 Å². The minimum absolute atomic E-state index is 0.0219. The lowest BCUT2D eigenvalue weighted by molar-refractivity contribution is -0.117. The highest BCUT2D eigenvalue weighted by atomic mass is 32.2. The van der Waals surface area contributed by atoms with Gasteiger partial charge in [0.1, 0.15) is 11.5 Å². The van der Waals surface area contributed by atoms with Gasteiger partial charge in [0.2, 0.25) is 5.91 Å². The van der Waals surface area contributed by atoms with Crippen molar-refractivity contribution in [3.8, 4) is 22.1 Å². The topological polar surface area (TPSA) is 111 Å². The van der Waals surface area contributed by atoms with Crippen LogP contribution in [-0.2, 0) is 11.3 Å². The van der Waals surface area contributed by atoms with Crippen molar-refractivity contribution in [2.24, 2.45) is 0 Å². The Balaban J connectivity index is 1.47. The fourth-order valence-corrected chi connectivity index (χ4v) is 4.32. The number of aromatic nitrogens is 3. The van der Waals surface area contributed by atoms with Crippen LogP contribution in [0.2, 0.25) is 0 Å². The predicted octanol–water partition coefficient (Wildman–Crippen LogP) is 3.72. The van der Waals surface area contributed by atoms with Gasteiger partial charge < -0.3 is 14.5 Å². The first-order valence-electron chi connectivity index (χ1n) is 9.51. The number of para-hydroxylation sites is 2. The maximum absolute atomic E-state index is 12.3. The van der Waals surface area contributed by atoms with Crippen molar-refractivity contribution in [2.45, 2.75) is 11.7 Å². The summed E-state index contributed by atoms with van der Waals surface area (Å²) in [7, 11) is 1.59. The Labute approximate surface area is 191 Å². The summed E-state index contributed by atoms with van der Waals surface area (Å²) in [4.78, 5) is 25.2. The number of urea groups is 1. The van der Waals surface area contributed by atoms with Crippen molar-refractivity contribution >= 4 is 35.0 Å². The van der Waals surface area contributed by atoms with Gasteiger partial charge in [-0.1, -0.05) is 30.0 Å². The number of amides is 3. The molecule has 0 unspecified atom stereocenters. The van der Waals surface area contributed by atoms with Gasteiger partial charge in [0.15, 0.2) is 11.0 Å². The number of hydrogen-bond acceptors (Lipinski definition) is 8. The van der Waals surface area contributed by atoms with Crippen molar-refractivity contribution < 1.29 is 18.7 Å². The van der Waals surface area contributed by atoms with Crippen molar-refractivity contribution in [2.75, 3.05) is 12.9 Å². The molecule has 0 bridgehead atoms. The maximum atomic E-state index is 12.3. The Bertz CT molecular complexity index is 1190. The number of furan rings is 1. The Morgan fingerprint density at radius 2 is 2.03 bits per heavy atom. The van der Waals surface area contributed by atoms with E-state index in [4.69, 9.17) is 9.15 Å². The molecule has 0 saturated heterocycles. The van der Waals surface area contributed by atoms with Crippen LogP contribution in [0.5, 0.6) is 5.75 Å². The average Bonchev–Trinajstić information content (AvgIpc) is 3.57. The lowest BCUT2D eigenvalue weighted by Crippen LogP contribution is -2.39. The molecule has 32 heavy (non-hydrogen) atoms. The summed E-state index contributed by atoms with van der Waals surface area (Å²) in [6, 6.07) is 14.2. The normalized spacial score (nSPS) is 10.7. The lowest BCUT2D eigenvalue weighted by atomic mass is 10.3. The summed E-state index contributed by atoms with van der Waals surface area (Å²) in [5.74, 6) is 1.40. The van der Waals surface area contributed by atoms with Gasteiger partial charge in [-0.25, -0.2) is 4.79 Å². The molecule has 0 aliphatic heterocycles. The lowest BCUT2D eigenvalue weighted by Gasteiger charge is -2.13. The molecule has 0 aliphatic rings. The first-order valence-corrected chi connectivity index (χ1v) is 11.4. The third kappa shape index (κ3) is 5.01. The molecule has 4 rings (SSSR count). The van der Waals surface area contributed by atoms with Gasteiger partial charge in [-0.15, -0.1) is 21.5 Å². The molecule has 4 aromatic rings. The van der Waals surface area contributed by atoms with Crippen LogP contribution >= 0.6 is 23.1 Å². The molecule has 0 spiro atoms. The van der Waals surface area contributed by atoms with Gasteiger partial charge in [-0.2, -0.15) is 0 Å². The smallest absolute Gasteiger partial charge is 0.321 e. The van der Waals surface area contributed by atoms with Gasteiger partial charge >= 0.3 is 6.03 Å². The Kier molecular flexibility index (Phi) is 6.87. The third-order valence-corrected chi connectivity index (χ3v) is 6.08. The van der Waals surface area contributed by atoms with Crippen molar-refractivity contribution in [3.05, 3.63) is 65.9 Å². The zero-order valence-corrected chi connectivity index (χ0v) is 18.6. The van der Waals surface area contributed by atoms with E-state index < -0.39 is 11.9 Å². The van der Waals surface area contributed by atoms with E-state index in [0.717, 1.165) is 10.6 Å². The van der Waals surface area contributed by atoms with E-state index in [1.54, 1.807) is 19.2 Å². The molecule has 3 aromatic heterocycles. The monoisotopic (exact) mass is 469 g/mol. The van der Waals surface area contributed by atoms with Gasteiger partial charge in [-0.3, -0.25) is 14.7 Å². The van der Waals surface area contributed by atoms with Crippen molar-refractivity contribution in [1.29, 1.82) is 0 Å². The van der Waals surface area contributed by atoms with Crippen LogP contribution in [0.3, 0.4) is 0 Å². The number of nitrogens with zero attached hydrogens (tertiary/aromatic N) is 3. The Morgan fingerprint density at radius 1 is 1.16 bits per heavy atom. The van der Waals surface area contributed by atoms with E-state index in [1.807, 2.05) is 46.3 Å². The number of benzene rings is 1. The zero-order valence-electron chi connectivity index (χ0n) is 17.0. The number of thiophene rings is 1. The molecule has 164 valence electrons. The molecule has 3 heterocycles. The predicted molar refractivity (Wildman–Crippen MR) is 121 cm³/mol. The van der Waals surface area contributed by atoms with Gasteiger partial charge in [-0.05, 0) is 35.7 Å². The Hall–Kier alpha value is -3.57. The number of imide groups is 1. The molecule has 0 saturated carbocycles. The second-order valence-electron chi connectivity index (χ2n) is 6.39. The average molecular weight is 470 g/mol. The van der Waals surface area contributed by atoms with Crippen LogP contribution in [-0.4, -0.2) is 39.6 Å². The largest absolute Gasteiger partial charge is 0.495 e. The fourth-order valence-electron chi connectivity index (χ4n) is 2.88. The first-order chi connectivity index (χ1) is 15.7. The highest BCUT2D eigenvalue weighted by Crippen LogP contribution is 2.33. The summed E-state index contributed by atoms with van der Waals surface area (Å²) in [5, 5.41) is 15.9. The second-order valence-corrected chi connectivity index (χ2v) is 8.28. The molecule has 0 radical (unpaired) electrons. The van der Waals surface area contributed by atoms with Gasteiger partial charge in [0.25, 0.3) is 0 Å². The zero-order chi connectivity index (χ0) is 22.3. The number of ether oxygens (including phenoxy) is 1. The molecular weight excluding hydrogens is 450 g/mol. The minimum atomic E-state index is -0.600. The van der Waals surface area contributed by atoms with E-state index >= 15 is 0 Å². The first kappa shape index (κ1) is 21.7. The molecule has 0 aliphatic carbocycles. The molecule has 1 aromatic carbocycles. The number of nitrogens with one attached hydrogen (secondary N) is 2.